The lowest BCUT2D eigenvalue weighted by molar-refractivity contribution is -0.137. The summed E-state index contributed by atoms with van der Waals surface area (Å²) in [5.74, 6) is 0.486. The van der Waals surface area contributed by atoms with Crippen LogP contribution >= 0.6 is 0 Å². The fourth-order valence-electron chi connectivity index (χ4n) is 5.18. The van der Waals surface area contributed by atoms with Gasteiger partial charge in [-0.15, -0.1) is 0 Å². The second-order valence-electron chi connectivity index (χ2n) is 10.0. The van der Waals surface area contributed by atoms with Gasteiger partial charge in [0, 0.05) is 0 Å². The molecule has 5 heteroatoms. The maximum atomic E-state index is 12.9. The molecule has 1 saturated heterocycles. The third-order valence-electron chi connectivity index (χ3n) is 5.96. The van der Waals surface area contributed by atoms with E-state index in [2.05, 4.69) is 55.4 Å². The Morgan fingerprint density at radius 1 is 0.923 bits per heavy atom. The van der Waals surface area contributed by atoms with Crippen LogP contribution in [-0.2, 0) is 10.6 Å². The van der Waals surface area contributed by atoms with E-state index in [1.807, 2.05) is 0 Å². The molecule has 0 saturated carbocycles. The molecule has 0 bridgehead atoms. The first-order valence-corrected chi connectivity index (χ1v) is 11.4. The molecule has 1 fully saturated rings. The first-order valence-electron chi connectivity index (χ1n) is 9.46. The molecule has 1 aliphatic heterocycles. The zero-order chi connectivity index (χ0) is 20.1. The molecular weight excluding hydrogens is 353 g/mol. The minimum atomic E-state index is -4.30. The Kier molecular flexibility index (Phi) is 5.50. The summed E-state index contributed by atoms with van der Waals surface area (Å²) in [4.78, 5) is 0. The summed E-state index contributed by atoms with van der Waals surface area (Å²) in [6.45, 7) is 18.1. The lowest BCUT2D eigenvalue weighted by atomic mass is 9.98. The maximum absolute atomic E-state index is 12.9. The Labute approximate surface area is 157 Å². The number of rotatable bonds is 2. The fourth-order valence-corrected chi connectivity index (χ4v) is 12.7. The van der Waals surface area contributed by atoms with Gasteiger partial charge in [-0.25, -0.2) is 0 Å². The average Bonchev–Trinajstić information content (AvgIpc) is 2.88. The van der Waals surface area contributed by atoms with E-state index >= 15 is 0 Å². The van der Waals surface area contributed by atoms with Crippen molar-refractivity contribution in [1.29, 1.82) is 0 Å². The Morgan fingerprint density at radius 3 is 1.69 bits per heavy atom. The monoisotopic (exact) mass is 386 g/mol. The molecule has 1 unspecified atom stereocenters. The molecule has 148 valence electrons. The predicted molar refractivity (Wildman–Crippen MR) is 104 cm³/mol. The van der Waals surface area contributed by atoms with Gasteiger partial charge in [-0.2, -0.15) is 13.2 Å². The van der Waals surface area contributed by atoms with Crippen molar-refractivity contribution < 1.29 is 17.6 Å². The van der Waals surface area contributed by atoms with Gasteiger partial charge in [-0.3, -0.25) is 0 Å². The van der Waals surface area contributed by atoms with Gasteiger partial charge in [0.25, 0.3) is 0 Å². The van der Waals surface area contributed by atoms with Crippen molar-refractivity contribution in [2.75, 3.05) is 0 Å². The highest BCUT2D eigenvalue weighted by atomic mass is 28.4. The van der Waals surface area contributed by atoms with Crippen molar-refractivity contribution in [1.82, 2.24) is 0 Å². The van der Waals surface area contributed by atoms with Crippen LogP contribution in [0.15, 0.2) is 24.3 Å². The van der Waals surface area contributed by atoms with Crippen molar-refractivity contribution in [2.24, 2.45) is 5.92 Å². The fraction of sp³-hybridized carbons (Fsp3) is 0.714. The van der Waals surface area contributed by atoms with Gasteiger partial charge in [0.15, 0.2) is 0 Å². The largest absolute Gasteiger partial charge is 0.416 e. The first kappa shape index (κ1) is 21.5. The summed E-state index contributed by atoms with van der Waals surface area (Å²) in [6, 6.07) is 5.55. The highest BCUT2D eigenvalue weighted by molar-refractivity contribution is 6.81. The predicted octanol–water partition coefficient (Wildman–Crippen LogP) is 7.74. The molecule has 0 N–H and O–H groups in total. The van der Waals surface area contributed by atoms with Gasteiger partial charge < -0.3 is 4.43 Å². The van der Waals surface area contributed by atoms with E-state index in [-0.39, 0.29) is 16.2 Å². The lowest BCUT2D eigenvalue weighted by Gasteiger charge is -2.52. The highest BCUT2D eigenvalue weighted by Gasteiger charge is 2.64. The van der Waals surface area contributed by atoms with Gasteiger partial charge in [-0.1, -0.05) is 67.5 Å². The van der Waals surface area contributed by atoms with Crippen LogP contribution in [0.2, 0.25) is 15.6 Å². The molecule has 2 atom stereocenters. The molecule has 1 heterocycles. The van der Waals surface area contributed by atoms with E-state index in [1.165, 1.54) is 12.1 Å². The molecule has 26 heavy (non-hydrogen) atoms. The molecule has 0 aliphatic carbocycles. The quantitative estimate of drug-likeness (QED) is 0.472. The van der Waals surface area contributed by atoms with Crippen molar-refractivity contribution >= 4 is 8.32 Å². The van der Waals surface area contributed by atoms with E-state index in [1.54, 1.807) is 12.1 Å². The van der Waals surface area contributed by atoms with Crippen LogP contribution in [0.25, 0.3) is 0 Å². The number of hydrogen-bond donors (Lipinski definition) is 0. The minimum Gasteiger partial charge on any atom is -0.409 e. The standard InChI is InChI=1S/C21H33F3OSi/c1-14(2)18-13-17(15-9-11-16(12-10-15)21(22,23)24)25-26(18,19(3,4)5)20(6,7)8/h9-12,14,17-18H,13H2,1-8H3/t17?,18-/m0/s1. The smallest absolute Gasteiger partial charge is 0.409 e. The van der Waals surface area contributed by atoms with E-state index < -0.39 is 20.1 Å². The van der Waals surface area contributed by atoms with Gasteiger partial charge in [-0.05, 0) is 45.7 Å². The number of benzene rings is 1. The Balaban J connectivity index is 2.46. The van der Waals surface area contributed by atoms with E-state index in [0.29, 0.717) is 11.5 Å². The molecule has 0 spiro atoms. The SMILES string of the molecule is CC(C)[C@@H]1CC(c2ccc(C(F)(F)F)cc2)O[Si]1(C(C)(C)C)C(C)(C)C. The molecule has 0 aromatic heterocycles. The topological polar surface area (TPSA) is 9.23 Å². The lowest BCUT2D eigenvalue weighted by Crippen LogP contribution is -2.56. The second kappa shape index (κ2) is 6.66. The van der Waals surface area contributed by atoms with E-state index in [4.69, 9.17) is 4.43 Å². The second-order valence-corrected chi connectivity index (χ2v) is 15.5. The minimum absolute atomic E-state index is 0.0425. The van der Waals surface area contributed by atoms with Crippen molar-refractivity contribution in [3.8, 4) is 0 Å². The Bertz CT molecular complexity index is 607. The Morgan fingerprint density at radius 2 is 1.38 bits per heavy atom. The van der Waals surface area contributed by atoms with E-state index in [0.717, 1.165) is 12.0 Å². The van der Waals surface area contributed by atoms with Crippen LogP contribution in [0.1, 0.15) is 79.0 Å². The molecule has 1 nitrogen and oxygen atoms in total. The molecule has 1 aliphatic rings. The maximum Gasteiger partial charge on any atom is 0.416 e. The van der Waals surface area contributed by atoms with Crippen LogP contribution in [0.4, 0.5) is 13.2 Å². The molecule has 0 radical (unpaired) electrons. The molecule has 1 aromatic rings. The number of hydrogen-bond acceptors (Lipinski definition) is 1. The summed E-state index contributed by atoms with van der Waals surface area (Å²) in [5, 5.41) is 0.0850. The summed E-state index contributed by atoms with van der Waals surface area (Å²) in [7, 11) is -2.25. The summed E-state index contributed by atoms with van der Waals surface area (Å²) in [6.07, 6.45) is -3.52. The molecule has 2 rings (SSSR count). The molecule has 1 aromatic carbocycles. The third-order valence-corrected chi connectivity index (χ3v) is 13.0. The molecule has 0 amide bonds. The number of halogens is 3. The summed E-state index contributed by atoms with van der Waals surface area (Å²) < 4.78 is 45.5. The van der Waals surface area contributed by atoms with Crippen molar-refractivity contribution in [2.45, 2.75) is 89.7 Å². The zero-order valence-corrected chi connectivity index (χ0v) is 18.3. The van der Waals surface area contributed by atoms with Crippen molar-refractivity contribution in [3.05, 3.63) is 35.4 Å². The first-order chi connectivity index (χ1) is 11.6. The van der Waals surface area contributed by atoms with Gasteiger partial charge in [0.2, 0.25) is 8.32 Å². The third kappa shape index (κ3) is 3.62. The van der Waals surface area contributed by atoms with Crippen LogP contribution in [0.3, 0.4) is 0 Å². The highest BCUT2D eigenvalue weighted by Crippen LogP contribution is 2.66. The normalized spacial score (nSPS) is 24.3. The summed E-state index contributed by atoms with van der Waals surface area (Å²) in [5.41, 5.74) is 0.733. The van der Waals surface area contributed by atoms with Crippen LogP contribution in [0.5, 0.6) is 0 Å². The zero-order valence-electron chi connectivity index (χ0n) is 17.3. The van der Waals surface area contributed by atoms with Crippen LogP contribution in [-0.4, -0.2) is 8.32 Å². The van der Waals surface area contributed by atoms with Crippen molar-refractivity contribution in [3.63, 3.8) is 0 Å². The van der Waals surface area contributed by atoms with Gasteiger partial charge >= 0.3 is 6.18 Å². The summed E-state index contributed by atoms with van der Waals surface area (Å²) >= 11 is 0. The van der Waals surface area contributed by atoms with Gasteiger partial charge in [0.05, 0.1) is 11.7 Å². The average molecular weight is 387 g/mol. The van der Waals surface area contributed by atoms with Crippen LogP contribution in [0, 0.1) is 5.92 Å². The Hall–Kier alpha value is -0.813. The van der Waals surface area contributed by atoms with Gasteiger partial charge in [0.1, 0.15) is 0 Å². The molecular formula is C21H33F3OSi. The van der Waals surface area contributed by atoms with Crippen LogP contribution < -0.4 is 0 Å². The number of alkyl halides is 3. The van der Waals surface area contributed by atoms with E-state index in [9.17, 15) is 13.2 Å².